The molecule has 9 nitrogen and oxygen atoms in total. The van der Waals surface area contributed by atoms with Crippen molar-refractivity contribution in [3.05, 3.63) is 88.9 Å². The maximum absolute atomic E-state index is 13.7. The molecule has 2 heterocycles. The first-order valence-electron chi connectivity index (χ1n) is 12.9. The second-order valence-electron chi connectivity index (χ2n) is 10.1. The molecule has 3 aromatic rings. The molecular weight excluding hydrogens is 560 g/mol. The predicted molar refractivity (Wildman–Crippen MR) is 139 cm³/mol. The fourth-order valence-electron chi connectivity index (χ4n) is 5.18. The van der Waals surface area contributed by atoms with Crippen molar-refractivity contribution >= 4 is 23.8 Å². The van der Waals surface area contributed by atoms with Crippen LogP contribution < -0.4 is 5.73 Å². The summed E-state index contributed by atoms with van der Waals surface area (Å²) >= 11 is 0. The van der Waals surface area contributed by atoms with Crippen molar-refractivity contribution < 1.29 is 41.5 Å². The van der Waals surface area contributed by atoms with Gasteiger partial charge in [0.05, 0.1) is 5.69 Å². The molecule has 0 radical (unpaired) electrons. The van der Waals surface area contributed by atoms with Gasteiger partial charge in [0.15, 0.2) is 0 Å². The van der Waals surface area contributed by atoms with Crippen molar-refractivity contribution in [1.29, 1.82) is 0 Å². The van der Waals surface area contributed by atoms with Crippen LogP contribution >= 0.6 is 0 Å². The van der Waals surface area contributed by atoms with E-state index >= 15 is 0 Å². The number of nitrogens with zero attached hydrogens (tertiary/aromatic N) is 3. The van der Waals surface area contributed by atoms with Gasteiger partial charge < -0.3 is 15.4 Å². The minimum Gasteiger partial charge on any atom is -0.427 e. The van der Waals surface area contributed by atoms with Crippen LogP contribution in [0.4, 0.5) is 22.4 Å². The largest absolute Gasteiger partial charge is 0.427 e. The number of primary amides is 1. The zero-order valence-electron chi connectivity index (χ0n) is 22.2. The first-order valence-corrected chi connectivity index (χ1v) is 12.9. The number of fused-ring (bicyclic) bond motifs is 2. The van der Waals surface area contributed by atoms with Crippen LogP contribution in [0.15, 0.2) is 60.7 Å². The third-order valence-electron chi connectivity index (χ3n) is 7.48. The van der Waals surface area contributed by atoms with E-state index in [0.717, 1.165) is 19.1 Å². The molecule has 2 aliphatic rings. The Morgan fingerprint density at radius 2 is 1.83 bits per heavy atom. The number of hydrogen-bond acceptors (Lipinski definition) is 6. The van der Waals surface area contributed by atoms with Crippen LogP contribution in [0.3, 0.4) is 0 Å². The van der Waals surface area contributed by atoms with Crippen LogP contribution in [-0.2, 0) is 32.9 Å². The highest BCUT2D eigenvalue weighted by atomic mass is 19.4. The normalized spacial score (nSPS) is 18.6. The van der Waals surface area contributed by atoms with Crippen molar-refractivity contribution in [3.63, 3.8) is 0 Å². The summed E-state index contributed by atoms with van der Waals surface area (Å²) in [6.45, 7) is -0.720. The van der Waals surface area contributed by atoms with E-state index in [-0.39, 0.29) is 17.7 Å². The number of rotatable bonds is 7. The third kappa shape index (κ3) is 5.17. The molecule has 1 spiro atoms. The lowest BCUT2D eigenvalue weighted by Gasteiger charge is -2.31. The van der Waals surface area contributed by atoms with Crippen molar-refractivity contribution in [1.82, 2.24) is 14.8 Å². The van der Waals surface area contributed by atoms with Crippen LogP contribution in [0.25, 0.3) is 11.3 Å². The molecule has 2 N–H and O–H groups in total. The quantitative estimate of drug-likeness (QED) is 0.418. The van der Waals surface area contributed by atoms with Gasteiger partial charge in [0.1, 0.15) is 24.1 Å². The van der Waals surface area contributed by atoms with Crippen LogP contribution in [0.5, 0.6) is 0 Å². The maximum Gasteiger partial charge on any atom is 0.418 e. The Balaban J connectivity index is 1.39. The Kier molecular flexibility index (Phi) is 7.21. The molecule has 1 fully saturated rings. The van der Waals surface area contributed by atoms with Crippen molar-refractivity contribution in [2.45, 2.75) is 44.1 Å². The molecule has 1 aliphatic carbocycles. The number of alkyl halides is 3. The van der Waals surface area contributed by atoms with Crippen LogP contribution in [0.1, 0.15) is 40.5 Å². The van der Waals surface area contributed by atoms with Gasteiger partial charge in [-0.25, -0.2) is 19.1 Å². The summed E-state index contributed by atoms with van der Waals surface area (Å²) in [6, 6.07) is 12.0. The summed E-state index contributed by atoms with van der Waals surface area (Å²) < 4.78 is 59.8. The number of benzene rings is 2. The van der Waals surface area contributed by atoms with Gasteiger partial charge in [-0.15, -0.1) is 0 Å². The maximum atomic E-state index is 13.7. The second kappa shape index (κ2) is 10.5. The number of aryl methyl sites for hydroxylation is 1. The van der Waals surface area contributed by atoms with E-state index in [1.165, 1.54) is 18.2 Å². The molecule has 1 aliphatic heterocycles. The predicted octanol–water partition coefficient (Wildman–Crippen LogP) is 4.09. The number of carbonyl (C=O) groups excluding carboxylic acids is 4. The number of carbonyl (C=O) groups is 4. The zero-order valence-corrected chi connectivity index (χ0v) is 22.2. The van der Waals surface area contributed by atoms with Crippen LogP contribution in [0.2, 0.25) is 0 Å². The van der Waals surface area contributed by atoms with Gasteiger partial charge in [-0.1, -0.05) is 30.3 Å². The summed E-state index contributed by atoms with van der Waals surface area (Å²) in [4.78, 5) is 56.4. The fraction of sp³-hybridized carbons (Fsp3) is 0.276. The van der Waals surface area contributed by atoms with Gasteiger partial charge in [0.2, 0.25) is 11.5 Å². The molecule has 42 heavy (non-hydrogen) atoms. The van der Waals surface area contributed by atoms with Crippen molar-refractivity contribution in [2.75, 3.05) is 6.54 Å². The zero-order chi connectivity index (χ0) is 30.4. The van der Waals surface area contributed by atoms with E-state index in [1.54, 1.807) is 30.3 Å². The average Bonchev–Trinajstić information content (AvgIpc) is 3.43. The molecular formula is C29H24F4N4O5. The molecule has 4 amide bonds. The summed E-state index contributed by atoms with van der Waals surface area (Å²) in [5.41, 5.74) is 6.01. The van der Waals surface area contributed by atoms with Crippen molar-refractivity contribution in [2.24, 2.45) is 5.73 Å². The van der Waals surface area contributed by atoms with Gasteiger partial charge in [-0.05, 0) is 54.8 Å². The molecule has 5 rings (SSSR count). The highest BCUT2D eigenvalue weighted by Crippen LogP contribution is 2.46. The van der Waals surface area contributed by atoms with E-state index in [2.05, 4.69) is 4.98 Å². The number of halogens is 4. The number of pyridine rings is 1. The smallest absolute Gasteiger partial charge is 0.418 e. The standard InChI is InChI=1S/C29H24F4N4O5/c1-16(29(31,32)33)36(14-17-5-8-20(30)9-6-17)24(38)15-37-26(40)28(42-27(37)41)12-11-18-13-19(7-10-21(18)28)22-3-2-4-23(35-22)25(34)39/h2-10,13,16H,11-12,14-15H2,1H3,(H2,34,39)/t16-,28+/m0/s1. The Bertz CT molecular complexity index is 1590. The van der Waals surface area contributed by atoms with E-state index in [4.69, 9.17) is 10.5 Å². The molecule has 0 saturated carbocycles. The lowest BCUT2D eigenvalue weighted by Crippen LogP contribution is -2.51. The monoisotopic (exact) mass is 584 g/mol. The summed E-state index contributed by atoms with van der Waals surface area (Å²) in [7, 11) is 0. The van der Waals surface area contributed by atoms with Crippen LogP contribution in [-0.4, -0.2) is 57.4 Å². The lowest BCUT2D eigenvalue weighted by molar-refractivity contribution is -0.187. The highest BCUT2D eigenvalue weighted by molar-refractivity contribution is 6.06. The second-order valence-corrected chi connectivity index (χ2v) is 10.1. The summed E-state index contributed by atoms with van der Waals surface area (Å²) in [5, 5.41) is 0. The van der Waals surface area contributed by atoms with Gasteiger partial charge in [0.25, 0.3) is 11.8 Å². The number of imide groups is 1. The molecule has 218 valence electrons. The average molecular weight is 585 g/mol. The SMILES string of the molecule is C[C@H](N(Cc1ccc(F)cc1)C(=O)CN1C(=O)O[C@@]2(CCc3cc(-c4cccc(C(N)=O)n4)ccc32)C1=O)C(F)(F)F. The number of nitrogens with two attached hydrogens (primary N) is 1. The molecule has 1 saturated heterocycles. The van der Waals surface area contributed by atoms with Crippen molar-refractivity contribution in [3.8, 4) is 11.3 Å². The van der Waals surface area contributed by atoms with E-state index in [1.807, 2.05) is 0 Å². The molecule has 2 aromatic carbocycles. The highest BCUT2D eigenvalue weighted by Gasteiger charge is 2.58. The Morgan fingerprint density at radius 3 is 2.50 bits per heavy atom. The molecule has 13 heteroatoms. The van der Waals surface area contributed by atoms with Gasteiger partial charge in [0, 0.05) is 24.1 Å². The van der Waals surface area contributed by atoms with E-state index in [0.29, 0.717) is 38.6 Å². The minimum atomic E-state index is -4.81. The van der Waals surface area contributed by atoms with Gasteiger partial charge >= 0.3 is 12.3 Å². The summed E-state index contributed by atoms with van der Waals surface area (Å²) in [5.74, 6) is -3.30. The molecule has 0 unspecified atom stereocenters. The van der Waals surface area contributed by atoms with Gasteiger partial charge in [-0.3, -0.25) is 14.4 Å². The number of aromatic nitrogens is 1. The first-order chi connectivity index (χ1) is 19.8. The number of hydrogen-bond donors (Lipinski definition) is 1. The Labute approximate surface area is 236 Å². The van der Waals surface area contributed by atoms with Crippen LogP contribution in [0, 0.1) is 5.82 Å². The molecule has 1 aromatic heterocycles. The first kappa shape index (κ1) is 28.7. The fourth-order valence-corrected chi connectivity index (χ4v) is 5.18. The number of amides is 4. The number of ether oxygens (including phenoxy) is 1. The molecule has 2 atom stereocenters. The topological polar surface area (TPSA) is 123 Å². The third-order valence-corrected chi connectivity index (χ3v) is 7.48. The Morgan fingerprint density at radius 1 is 1.12 bits per heavy atom. The van der Waals surface area contributed by atoms with E-state index in [9.17, 15) is 36.7 Å². The lowest BCUT2D eigenvalue weighted by atomic mass is 9.93. The van der Waals surface area contributed by atoms with E-state index < -0.39 is 60.5 Å². The van der Waals surface area contributed by atoms with Gasteiger partial charge in [-0.2, -0.15) is 13.2 Å². The summed E-state index contributed by atoms with van der Waals surface area (Å²) in [6.07, 6.45) is -5.57. The molecule has 0 bridgehead atoms. The Hall–Kier alpha value is -4.81. The minimum absolute atomic E-state index is 0.0635.